The van der Waals surface area contributed by atoms with Crippen molar-refractivity contribution in [3.05, 3.63) is 59.7 Å². The third-order valence-electron chi connectivity index (χ3n) is 5.62. The van der Waals surface area contributed by atoms with Crippen molar-refractivity contribution in [2.24, 2.45) is 11.3 Å². The highest BCUT2D eigenvalue weighted by Gasteiger charge is 2.47. The zero-order valence-electron chi connectivity index (χ0n) is 14.2. The second-order valence-electron chi connectivity index (χ2n) is 7.85. The zero-order valence-corrected chi connectivity index (χ0v) is 14.2. The van der Waals surface area contributed by atoms with Gasteiger partial charge in [-0.25, -0.2) is 0 Å². The van der Waals surface area contributed by atoms with Gasteiger partial charge in [-0.05, 0) is 66.0 Å². The lowest BCUT2D eigenvalue weighted by molar-refractivity contribution is 0.120. The highest BCUT2D eigenvalue weighted by molar-refractivity contribution is 5.44. The van der Waals surface area contributed by atoms with E-state index in [1.54, 1.807) is 24.3 Å². The average molecular weight is 310 g/mol. The van der Waals surface area contributed by atoms with Gasteiger partial charge in [0.15, 0.2) is 0 Å². The van der Waals surface area contributed by atoms with Gasteiger partial charge in [-0.3, -0.25) is 0 Å². The minimum Gasteiger partial charge on any atom is -0.508 e. The molecule has 0 heterocycles. The van der Waals surface area contributed by atoms with E-state index >= 15 is 0 Å². The Kier molecular flexibility index (Phi) is 3.87. The Morgan fingerprint density at radius 1 is 0.826 bits per heavy atom. The maximum atomic E-state index is 9.68. The van der Waals surface area contributed by atoms with Crippen LogP contribution in [0, 0.1) is 11.3 Å². The molecule has 1 aliphatic rings. The molecule has 0 aliphatic heterocycles. The van der Waals surface area contributed by atoms with E-state index in [0.29, 0.717) is 17.4 Å². The number of rotatable bonds is 2. The molecule has 0 radical (unpaired) electrons. The van der Waals surface area contributed by atoms with Gasteiger partial charge < -0.3 is 10.2 Å². The van der Waals surface area contributed by atoms with Crippen LogP contribution in [-0.4, -0.2) is 10.2 Å². The molecule has 0 bridgehead atoms. The molecule has 0 aromatic heterocycles. The van der Waals surface area contributed by atoms with Crippen molar-refractivity contribution in [3.63, 3.8) is 0 Å². The molecule has 3 rings (SSSR count). The minimum atomic E-state index is -0.0802. The van der Waals surface area contributed by atoms with Crippen LogP contribution in [0.15, 0.2) is 48.5 Å². The summed E-state index contributed by atoms with van der Waals surface area (Å²) in [7, 11) is 0. The number of aromatic hydroxyl groups is 2. The number of benzene rings is 2. The van der Waals surface area contributed by atoms with Crippen molar-refractivity contribution >= 4 is 0 Å². The summed E-state index contributed by atoms with van der Waals surface area (Å²) in [6.07, 6.45) is 3.47. The first-order valence-electron chi connectivity index (χ1n) is 8.42. The monoisotopic (exact) mass is 310 g/mol. The maximum Gasteiger partial charge on any atom is 0.115 e. The predicted octanol–water partition coefficient (Wildman–Crippen LogP) is 5.23. The van der Waals surface area contributed by atoms with E-state index in [2.05, 4.69) is 45.0 Å². The van der Waals surface area contributed by atoms with E-state index < -0.39 is 0 Å². The molecule has 1 saturated carbocycles. The molecular weight excluding hydrogens is 284 g/mol. The van der Waals surface area contributed by atoms with Gasteiger partial charge in [-0.15, -0.1) is 0 Å². The number of phenols is 2. The van der Waals surface area contributed by atoms with Crippen molar-refractivity contribution in [2.75, 3.05) is 0 Å². The Labute approximate surface area is 138 Å². The normalized spacial score (nSPS) is 22.7. The summed E-state index contributed by atoms with van der Waals surface area (Å²) in [5.41, 5.74) is 2.69. The molecule has 23 heavy (non-hydrogen) atoms. The molecule has 2 nitrogen and oxygen atoms in total. The number of phenolic OH excluding ortho intramolecular Hbond substituents is 2. The van der Waals surface area contributed by atoms with Gasteiger partial charge in [-0.2, -0.15) is 0 Å². The van der Waals surface area contributed by atoms with E-state index in [1.807, 2.05) is 0 Å². The Morgan fingerprint density at radius 2 is 1.26 bits per heavy atom. The lowest BCUT2D eigenvalue weighted by atomic mass is 9.54. The van der Waals surface area contributed by atoms with Crippen LogP contribution in [0.25, 0.3) is 0 Å². The van der Waals surface area contributed by atoms with Crippen LogP contribution < -0.4 is 0 Å². The van der Waals surface area contributed by atoms with E-state index in [0.717, 1.165) is 6.42 Å². The molecule has 0 saturated heterocycles. The predicted molar refractivity (Wildman–Crippen MR) is 93.8 cm³/mol. The van der Waals surface area contributed by atoms with Crippen LogP contribution in [-0.2, 0) is 5.41 Å². The van der Waals surface area contributed by atoms with E-state index in [1.165, 1.54) is 24.0 Å². The third kappa shape index (κ3) is 2.83. The Morgan fingerprint density at radius 3 is 1.70 bits per heavy atom. The fraction of sp³-hybridized carbons (Fsp3) is 0.429. The summed E-state index contributed by atoms with van der Waals surface area (Å²) < 4.78 is 0. The smallest absolute Gasteiger partial charge is 0.115 e. The zero-order chi connectivity index (χ0) is 16.7. The van der Waals surface area contributed by atoms with Gasteiger partial charge in [0.2, 0.25) is 0 Å². The molecule has 0 amide bonds. The van der Waals surface area contributed by atoms with E-state index in [4.69, 9.17) is 0 Å². The topological polar surface area (TPSA) is 40.5 Å². The molecule has 0 spiro atoms. The highest BCUT2D eigenvalue weighted by Crippen LogP contribution is 2.54. The summed E-state index contributed by atoms with van der Waals surface area (Å²) in [5, 5.41) is 19.4. The number of hydrogen-bond acceptors (Lipinski definition) is 2. The first kappa shape index (κ1) is 15.9. The molecule has 2 heteroatoms. The summed E-state index contributed by atoms with van der Waals surface area (Å²) in [6, 6.07) is 15.4. The quantitative estimate of drug-likeness (QED) is 0.797. The van der Waals surface area contributed by atoms with Crippen LogP contribution in [0.5, 0.6) is 11.5 Å². The molecule has 2 aromatic rings. The van der Waals surface area contributed by atoms with Gasteiger partial charge >= 0.3 is 0 Å². The Balaban J connectivity index is 2.19. The molecule has 2 N–H and O–H groups in total. The van der Waals surface area contributed by atoms with Crippen LogP contribution in [0.3, 0.4) is 0 Å². The molecule has 1 atom stereocenters. The molecule has 122 valence electrons. The lowest BCUT2D eigenvalue weighted by Gasteiger charge is -2.50. The van der Waals surface area contributed by atoms with Gasteiger partial charge in [0.1, 0.15) is 11.5 Å². The SMILES string of the molecule is CC1CCC(C)(C)CC1(c1ccc(O)cc1)c1ccc(O)cc1. The average Bonchev–Trinajstić information content (AvgIpc) is 2.51. The molecule has 1 aliphatic carbocycles. The first-order valence-corrected chi connectivity index (χ1v) is 8.42. The molecule has 2 aromatic carbocycles. The largest absolute Gasteiger partial charge is 0.508 e. The standard InChI is InChI=1S/C21H26O2/c1-15-12-13-20(2,3)14-21(15,16-4-8-18(22)9-5-16)17-6-10-19(23)11-7-17/h4-11,15,22-23H,12-14H2,1-3H3. The molecule has 1 fully saturated rings. The van der Waals surface area contributed by atoms with Crippen molar-refractivity contribution in [1.29, 1.82) is 0 Å². The van der Waals surface area contributed by atoms with E-state index in [-0.39, 0.29) is 10.8 Å². The Hall–Kier alpha value is -1.96. The molecule has 1 unspecified atom stereocenters. The summed E-state index contributed by atoms with van der Waals surface area (Å²) in [6.45, 7) is 7.01. The summed E-state index contributed by atoms with van der Waals surface area (Å²) in [4.78, 5) is 0. The van der Waals surface area contributed by atoms with Crippen molar-refractivity contribution < 1.29 is 10.2 Å². The Bertz CT molecular complexity index is 622. The first-order chi connectivity index (χ1) is 10.8. The van der Waals surface area contributed by atoms with Crippen LogP contribution >= 0.6 is 0 Å². The van der Waals surface area contributed by atoms with Crippen LogP contribution in [0.1, 0.15) is 51.2 Å². The summed E-state index contributed by atoms with van der Waals surface area (Å²) in [5.74, 6) is 1.11. The summed E-state index contributed by atoms with van der Waals surface area (Å²) >= 11 is 0. The molecular formula is C21H26O2. The fourth-order valence-corrected chi connectivity index (χ4v) is 4.33. The lowest BCUT2D eigenvalue weighted by Crippen LogP contribution is -2.43. The van der Waals surface area contributed by atoms with Gasteiger partial charge in [-0.1, -0.05) is 45.0 Å². The van der Waals surface area contributed by atoms with Crippen molar-refractivity contribution in [2.45, 2.75) is 45.4 Å². The van der Waals surface area contributed by atoms with Gasteiger partial charge in [0.05, 0.1) is 0 Å². The maximum absolute atomic E-state index is 9.68. The van der Waals surface area contributed by atoms with Crippen molar-refractivity contribution in [1.82, 2.24) is 0 Å². The third-order valence-corrected chi connectivity index (χ3v) is 5.62. The number of hydrogen-bond donors (Lipinski definition) is 2. The van der Waals surface area contributed by atoms with Gasteiger partial charge in [0, 0.05) is 5.41 Å². The fourth-order valence-electron chi connectivity index (χ4n) is 4.33. The van der Waals surface area contributed by atoms with Crippen LogP contribution in [0.4, 0.5) is 0 Å². The van der Waals surface area contributed by atoms with Crippen molar-refractivity contribution in [3.8, 4) is 11.5 Å². The van der Waals surface area contributed by atoms with Crippen LogP contribution in [0.2, 0.25) is 0 Å². The minimum absolute atomic E-state index is 0.0802. The van der Waals surface area contributed by atoms with E-state index in [9.17, 15) is 10.2 Å². The van der Waals surface area contributed by atoms with Gasteiger partial charge in [0.25, 0.3) is 0 Å². The highest BCUT2D eigenvalue weighted by atomic mass is 16.3. The second kappa shape index (κ2) is 5.59. The second-order valence-corrected chi connectivity index (χ2v) is 7.85.